The monoisotopic (exact) mass is 413 g/mol. The highest BCUT2D eigenvalue weighted by Crippen LogP contribution is 2.29. The number of aliphatic hydroxyl groups excluding tert-OH is 2. The van der Waals surface area contributed by atoms with Gasteiger partial charge in [0.05, 0.1) is 17.7 Å². The molecule has 1 fully saturated rings. The van der Waals surface area contributed by atoms with Gasteiger partial charge in [-0.15, -0.1) is 0 Å². The minimum Gasteiger partial charge on any atom is -0.463 e. The Morgan fingerprint density at radius 1 is 1.31 bits per heavy atom. The first-order valence-corrected chi connectivity index (χ1v) is 9.80. The van der Waals surface area contributed by atoms with Gasteiger partial charge < -0.3 is 34.5 Å². The van der Waals surface area contributed by atoms with E-state index in [1.54, 1.807) is 33.0 Å². The van der Waals surface area contributed by atoms with Crippen molar-refractivity contribution in [1.29, 1.82) is 0 Å². The van der Waals surface area contributed by atoms with Gasteiger partial charge in [-0.2, -0.15) is 0 Å². The molecule has 1 aromatic carbocycles. The number of benzene rings is 1. The lowest BCUT2D eigenvalue weighted by Gasteiger charge is -2.31. The largest absolute Gasteiger partial charge is 0.463 e. The zero-order valence-corrected chi connectivity index (χ0v) is 18.2. The molecule has 1 saturated heterocycles. The summed E-state index contributed by atoms with van der Waals surface area (Å²) in [5.74, 6) is 0.105. The summed E-state index contributed by atoms with van der Waals surface area (Å²) < 4.78 is 16.5. The number of ether oxygens (including phenoxy) is 3. The highest BCUT2D eigenvalue weighted by molar-refractivity contribution is 5.71. The van der Waals surface area contributed by atoms with Crippen LogP contribution in [0.2, 0.25) is 0 Å². The predicted molar refractivity (Wildman–Crippen MR) is 111 cm³/mol. The number of carbonyl (C=O) groups is 2. The van der Waals surface area contributed by atoms with Crippen LogP contribution in [0.15, 0.2) is 18.2 Å². The molecule has 166 valence electrons. The van der Waals surface area contributed by atoms with E-state index >= 15 is 0 Å². The quantitative estimate of drug-likeness (QED) is 0.461. The Bertz CT molecular complexity index is 607. The Morgan fingerprint density at radius 2 is 1.97 bits per heavy atom. The van der Waals surface area contributed by atoms with Crippen molar-refractivity contribution in [1.82, 2.24) is 0 Å². The van der Waals surface area contributed by atoms with Gasteiger partial charge in [0, 0.05) is 27.0 Å². The molecular weight excluding hydrogens is 378 g/mol. The van der Waals surface area contributed by atoms with Crippen LogP contribution in [0.5, 0.6) is 5.75 Å². The maximum absolute atomic E-state index is 11.6. The normalized spacial score (nSPS) is 20.4. The number of aliphatic hydroxyl groups is 2. The smallest absolute Gasteiger partial charge is 0.308 e. The molecule has 1 heterocycles. The van der Waals surface area contributed by atoms with Gasteiger partial charge in [-0.25, -0.2) is 0 Å². The fraction of sp³-hybridized carbons (Fsp3) is 0.619. The number of hydrogen-bond donors (Lipinski definition) is 3. The molecule has 0 radical (unpaired) electrons. The topological polar surface area (TPSA) is 114 Å². The molecule has 0 spiro atoms. The Labute approximate surface area is 173 Å². The highest BCUT2D eigenvalue weighted by atomic mass is 16.7. The Kier molecular flexibility index (Phi) is 13.7. The molecule has 3 N–H and O–H groups in total. The molecule has 0 saturated carbocycles. The molecule has 0 aromatic heterocycles. The van der Waals surface area contributed by atoms with Gasteiger partial charge in [0.25, 0.3) is 0 Å². The van der Waals surface area contributed by atoms with Crippen LogP contribution in [0.25, 0.3) is 0 Å². The minimum atomic E-state index is -0.698. The number of anilines is 1. The van der Waals surface area contributed by atoms with Crippen molar-refractivity contribution in [2.45, 2.75) is 65.6 Å². The highest BCUT2D eigenvalue weighted by Gasteiger charge is 2.29. The summed E-state index contributed by atoms with van der Waals surface area (Å²) in [7, 11) is 2.75. The van der Waals surface area contributed by atoms with Crippen LogP contribution in [0.3, 0.4) is 0 Å². The van der Waals surface area contributed by atoms with Crippen LogP contribution in [0.1, 0.15) is 46.1 Å². The molecular formula is C21H35NO7. The van der Waals surface area contributed by atoms with Gasteiger partial charge in [-0.1, -0.05) is 33.8 Å². The lowest BCUT2D eigenvalue weighted by Crippen LogP contribution is -2.39. The average molecular weight is 414 g/mol. The molecule has 1 aliphatic heterocycles. The number of aldehydes is 1. The van der Waals surface area contributed by atoms with Crippen LogP contribution < -0.4 is 10.1 Å². The maximum atomic E-state index is 11.6. The second kappa shape index (κ2) is 14.8. The molecule has 8 nitrogen and oxygen atoms in total. The summed E-state index contributed by atoms with van der Waals surface area (Å²) in [5.41, 5.74) is 1.52. The molecule has 3 atom stereocenters. The van der Waals surface area contributed by atoms with E-state index in [2.05, 4.69) is 5.32 Å². The molecule has 0 aliphatic carbocycles. The number of nitrogens with one attached hydrogen (secondary N) is 1. The average Bonchev–Trinajstić information content (AvgIpc) is 2.75. The Morgan fingerprint density at radius 3 is 2.52 bits per heavy atom. The second-order valence-corrected chi connectivity index (χ2v) is 6.33. The lowest BCUT2D eigenvalue weighted by atomic mass is 10.1. The van der Waals surface area contributed by atoms with Crippen LogP contribution >= 0.6 is 0 Å². The number of carbonyl (C=O) groups excluding carboxylic acids is 2. The molecule has 1 aromatic rings. The zero-order chi connectivity index (χ0) is 22.4. The third kappa shape index (κ3) is 9.25. The molecule has 0 amide bonds. The minimum absolute atomic E-state index is 0.174. The lowest BCUT2D eigenvalue weighted by molar-refractivity contribution is -0.175. The maximum Gasteiger partial charge on any atom is 0.308 e. The fourth-order valence-corrected chi connectivity index (χ4v) is 2.48. The van der Waals surface area contributed by atoms with Crippen molar-refractivity contribution in [2.75, 3.05) is 19.5 Å². The number of rotatable bonds is 7. The van der Waals surface area contributed by atoms with E-state index in [4.69, 9.17) is 19.3 Å². The molecule has 2 rings (SSSR count). The van der Waals surface area contributed by atoms with E-state index in [0.29, 0.717) is 24.1 Å². The van der Waals surface area contributed by atoms with Gasteiger partial charge in [0.2, 0.25) is 6.29 Å². The van der Waals surface area contributed by atoms with Crippen molar-refractivity contribution in [3.63, 3.8) is 0 Å². The Hall–Kier alpha value is -2.16. The van der Waals surface area contributed by atoms with Crippen molar-refractivity contribution >= 4 is 17.9 Å². The number of hydrogen-bond acceptors (Lipinski definition) is 8. The fourth-order valence-electron chi connectivity index (χ4n) is 2.48. The van der Waals surface area contributed by atoms with Crippen LogP contribution in [-0.4, -0.2) is 55.1 Å². The third-order valence-electron chi connectivity index (χ3n) is 3.87. The molecule has 1 aliphatic rings. The summed E-state index contributed by atoms with van der Waals surface area (Å²) in [6, 6.07) is 5.35. The summed E-state index contributed by atoms with van der Waals surface area (Å²) in [4.78, 5) is 22.5. The first-order chi connectivity index (χ1) is 13.9. The van der Waals surface area contributed by atoms with E-state index in [9.17, 15) is 14.7 Å². The van der Waals surface area contributed by atoms with Gasteiger partial charge in [-0.05, 0) is 17.7 Å². The van der Waals surface area contributed by atoms with Crippen LogP contribution in [0.4, 0.5) is 5.69 Å². The van der Waals surface area contributed by atoms with Crippen molar-refractivity contribution in [2.24, 2.45) is 5.92 Å². The van der Waals surface area contributed by atoms with Crippen LogP contribution in [0, 0.1) is 5.92 Å². The van der Waals surface area contributed by atoms with E-state index in [-0.39, 0.29) is 24.9 Å². The van der Waals surface area contributed by atoms with Crippen molar-refractivity contribution in [3.05, 3.63) is 23.8 Å². The third-order valence-corrected chi connectivity index (χ3v) is 3.87. The Balaban J connectivity index is 0.00000184. The first kappa shape index (κ1) is 26.8. The molecule has 8 heteroatoms. The SMILES string of the molecule is CC.CNc1cc(COC(=O)C(C)C)ccc1OC1CC(O)CC(C=O)O1.CO. The standard InChI is InChI=1S/C18H25NO6.C2H6.CH4O/c1-11(2)18(22)23-10-12-4-5-16(15(6-12)19-3)25-17-8-13(21)7-14(9-20)24-17;2*1-2/h4-6,9,11,13-14,17,19,21H,7-8,10H2,1-3H3;1-2H3;2H,1H3. The van der Waals surface area contributed by atoms with E-state index in [0.717, 1.165) is 12.7 Å². The summed E-state index contributed by atoms with van der Waals surface area (Å²) in [6.07, 6.45) is -0.757. The van der Waals surface area contributed by atoms with E-state index < -0.39 is 18.5 Å². The van der Waals surface area contributed by atoms with Gasteiger partial charge >= 0.3 is 5.97 Å². The predicted octanol–water partition coefficient (Wildman–Crippen LogP) is 2.51. The van der Waals surface area contributed by atoms with Crippen molar-refractivity contribution < 1.29 is 34.0 Å². The van der Waals surface area contributed by atoms with Gasteiger partial charge in [0.1, 0.15) is 24.7 Å². The zero-order valence-electron chi connectivity index (χ0n) is 18.2. The molecule has 3 unspecified atom stereocenters. The summed E-state index contributed by atoms with van der Waals surface area (Å²) >= 11 is 0. The number of esters is 1. The summed E-state index contributed by atoms with van der Waals surface area (Å²) in [6.45, 7) is 7.74. The molecule has 29 heavy (non-hydrogen) atoms. The first-order valence-electron chi connectivity index (χ1n) is 9.80. The summed E-state index contributed by atoms with van der Waals surface area (Å²) in [5, 5.41) is 19.8. The van der Waals surface area contributed by atoms with Crippen LogP contribution in [-0.2, 0) is 25.7 Å². The van der Waals surface area contributed by atoms with Gasteiger partial charge in [-0.3, -0.25) is 4.79 Å². The van der Waals surface area contributed by atoms with E-state index in [1.165, 1.54) is 0 Å². The second-order valence-electron chi connectivity index (χ2n) is 6.33. The molecule has 0 bridgehead atoms. The van der Waals surface area contributed by atoms with E-state index in [1.807, 2.05) is 19.9 Å². The van der Waals surface area contributed by atoms with Gasteiger partial charge in [0.15, 0.2) is 0 Å². The van der Waals surface area contributed by atoms with Crippen molar-refractivity contribution in [3.8, 4) is 5.75 Å².